The highest BCUT2D eigenvalue weighted by Gasteiger charge is 2.44. The molecule has 0 spiro atoms. The van der Waals surface area contributed by atoms with Gasteiger partial charge >= 0.3 is 5.97 Å². The van der Waals surface area contributed by atoms with E-state index < -0.39 is 29.0 Å². The number of methoxy groups -OCH3 is 1. The molecular weight excluding hydrogens is 573 g/mol. The van der Waals surface area contributed by atoms with Crippen molar-refractivity contribution >= 4 is 17.0 Å². The number of pyridine rings is 1. The average Bonchev–Trinajstić information content (AvgIpc) is 3.73. The Morgan fingerprint density at radius 3 is 2.50 bits per heavy atom. The maximum Gasteiger partial charge on any atom is 0.335 e. The van der Waals surface area contributed by atoms with Crippen molar-refractivity contribution in [1.29, 1.82) is 5.26 Å². The second kappa shape index (κ2) is 11.5. The van der Waals surface area contributed by atoms with Gasteiger partial charge in [-0.15, -0.1) is 0 Å². The number of benzene rings is 3. The fourth-order valence-electron chi connectivity index (χ4n) is 5.09. The second-order valence-electron chi connectivity index (χ2n) is 10.7. The van der Waals surface area contributed by atoms with Crippen molar-refractivity contribution in [3.8, 4) is 23.2 Å². The van der Waals surface area contributed by atoms with E-state index in [0.29, 0.717) is 23.4 Å². The lowest BCUT2D eigenvalue weighted by molar-refractivity contribution is 0.0654. The number of imidazole rings is 1. The Labute approximate surface area is 249 Å². The van der Waals surface area contributed by atoms with Gasteiger partial charge in [-0.2, -0.15) is 5.26 Å². The molecule has 6 rings (SSSR count). The number of hydrogen-bond acceptors (Lipinski definition) is 6. The molecule has 222 valence electrons. The predicted octanol–water partition coefficient (Wildman–Crippen LogP) is 6.43. The van der Waals surface area contributed by atoms with Gasteiger partial charge in [-0.3, -0.25) is 0 Å². The van der Waals surface area contributed by atoms with Gasteiger partial charge in [-0.05, 0) is 66.9 Å². The highest BCUT2D eigenvalue weighted by Crippen LogP contribution is 2.41. The predicted molar refractivity (Wildman–Crippen MR) is 154 cm³/mol. The van der Waals surface area contributed by atoms with Gasteiger partial charge in [0, 0.05) is 30.7 Å². The fraction of sp³-hybridized carbons (Fsp3) is 0.212. The van der Waals surface area contributed by atoms with E-state index in [-0.39, 0.29) is 52.4 Å². The topological polar surface area (TPSA) is 110 Å². The zero-order valence-corrected chi connectivity index (χ0v) is 23.5. The molecule has 1 fully saturated rings. The van der Waals surface area contributed by atoms with Crippen LogP contribution in [0.5, 0.6) is 5.88 Å². The van der Waals surface area contributed by atoms with Crippen molar-refractivity contribution < 1.29 is 32.5 Å². The lowest BCUT2D eigenvalue weighted by Crippen LogP contribution is -2.22. The van der Waals surface area contributed by atoms with E-state index in [2.05, 4.69) is 9.97 Å². The lowest BCUT2D eigenvalue weighted by atomic mass is 10.0. The summed E-state index contributed by atoms with van der Waals surface area (Å²) in [5.74, 6) is -2.55. The normalized spacial score (nSPS) is 13.5. The summed E-state index contributed by atoms with van der Waals surface area (Å²) in [5.41, 5.74) is 1.27. The molecule has 11 heteroatoms. The number of ether oxygens (including phenoxy) is 2. The lowest BCUT2D eigenvalue weighted by Gasteiger charge is -2.17. The molecule has 3 aromatic carbocycles. The number of carboxylic acids is 1. The molecule has 1 aliphatic carbocycles. The standard InChI is InChI=1S/C33H25F3N4O4/c1-43-33(9-10-33)18-40-29-13-20(32(41)42)7-8-28(29)38-30(40)14-22-12-26(36)23(15-25(22)35)27-3-2-4-31(39-27)44-17-21-6-5-19(16-37)11-24(21)34/h2-8,11-13,15H,9-10,14,17-18H2,1H3,(H,41,42). The highest BCUT2D eigenvalue weighted by atomic mass is 19.1. The zero-order valence-electron chi connectivity index (χ0n) is 23.5. The third-order valence-electron chi connectivity index (χ3n) is 7.80. The first-order chi connectivity index (χ1) is 21.2. The number of carboxylic acid groups (broad SMARTS) is 1. The molecule has 1 N–H and O–H groups in total. The third kappa shape index (κ3) is 5.72. The molecule has 0 radical (unpaired) electrons. The summed E-state index contributed by atoms with van der Waals surface area (Å²) in [6.45, 7) is 0.215. The highest BCUT2D eigenvalue weighted by molar-refractivity contribution is 5.92. The summed E-state index contributed by atoms with van der Waals surface area (Å²) in [5, 5.41) is 18.4. The second-order valence-corrected chi connectivity index (χ2v) is 10.7. The summed E-state index contributed by atoms with van der Waals surface area (Å²) >= 11 is 0. The van der Waals surface area contributed by atoms with E-state index in [9.17, 15) is 14.3 Å². The van der Waals surface area contributed by atoms with Crippen LogP contribution in [-0.2, 0) is 24.3 Å². The van der Waals surface area contributed by atoms with Gasteiger partial charge in [-0.1, -0.05) is 12.1 Å². The number of hydrogen-bond donors (Lipinski definition) is 1. The van der Waals surface area contributed by atoms with Crippen LogP contribution in [0.25, 0.3) is 22.3 Å². The zero-order chi connectivity index (χ0) is 31.0. The smallest absolute Gasteiger partial charge is 0.335 e. The van der Waals surface area contributed by atoms with Gasteiger partial charge in [0.25, 0.3) is 0 Å². The van der Waals surface area contributed by atoms with Crippen molar-refractivity contribution in [2.45, 2.75) is 38.0 Å². The van der Waals surface area contributed by atoms with Crippen molar-refractivity contribution in [3.63, 3.8) is 0 Å². The minimum absolute atomic E-state index is 0.0490. The fourth-order valence-corrected chi connectivity index (χ4v) is 5.09. The first-order valence-electron chi connectivity index (χ1n) is 13.7. The molecule has 0 bridgehead atoms. The Bertz CT molecular complexity index is 1960. The number of nitriles is 1. The van der Waals surface area contributed by atoms with Crippen molar-refractivity contribution in [3.05, 3.63) is 112 Å². The minimum Gasteiger partial charge on any atom is -0.478 e. The molecule has 44 heavy (non-hydrogen) atoms. The van der Waals surface area contributed by atoms with Crippen LogP contribution in [0, 0.1) is 28.8 Å². The monoisotopic (exact) mass is 598 g/mol. The average molecular weight is 599 g/mol. The van der Waals surface area contributed by atoms with Gasteiger partial charge in [0.2, 0.25) is 5.88 Å². The molecule has 0 saturated heterocycles. The SMILES string of the molecule is COC1(Cn2c(Cc3cc(F)c(-c4cccc(OCc5ccc(C#N)cc5F)n4)cc3F)nc3ccc(C(=O)O)cc32)CC1. The number of aromatic carboxylic acids is 1. The van der Waals surface area contributed by atoms with Gasteiger partial charge < -0.3 is 19.1 Å². The summed E-state index contributed by atoms with van der Waals surface area (Å²) in [6.07, 6.45) is 1.58. The minimum atomic E-state index is -1.08. The Balaban J connectivity index is 1.27. The number of halogens is 3. The summed E-state index contributed by atoms with van der Waals surface area (Å²) in [7, 11) is 1.61. The van der Waals surface area contributed by atoms with Crippen molar-refractivity contribution in [2.24, 2.45) is 0 Å². The molecular formula is C33H25F3N4O4. The molecule has 8 nitrogen and oxygen atoms in total. The quantitative estimate of drug-likeness (QED) is 0.197. The Morgan fingerprint density at radius 2 is 1.80 bits per heavy atom. The van der Waals surface area contributed by atoms with Crippen LogP contribution in [0.2, 0.25) is 0 Å². The van der Waals surface area contributed by atoms with Crippen LogP contribution in [0.1, 0.15) is 45.7 Å². The summed E-state index contributed by atoms with van der Waals surface area (Å²) in [4.78, 5) is 20.5. The van der Waals surface area contributed by atoms with Gasteiger partial charge in [0.1, 0.15) is 29.9 Å². The molecule has 1 aliphatic rings. The molecule has 2 aromatic heterocycles. The third-order valence-corrected chi connectivity index (χ3v) is 7.80. The van der Waals surface area contributed by atoms with Crippen LogP contribution in [0.15, 0.2) is 66.7 Å². The van der Waals surface area contributed by atoms with Gasteiger partial charge in [0.15, 0.2) is 0 Å². The molecule has 0 unspecified atom stereocenters. The van der Waals surface area contributed by atoms with E-state index in [4.69, 9.17) is 14.7 Å². The molecule has 0 atom stereocenters. The Kier molecular flexibility index (Phi) is 7.53. The van der Waals surface area contributed by atoms with Crippen LogP contribution >= 0.6 is 0 Å². The van der Waals surface area contributed by atoms with E-state index in [1.165, 1.54) is 36.4 Å². The Morgan fingerprint density at radius 1 is 1.00 bits per heavy atom. The maximum atomic E-state index is 15.5. The number of carbonyl (C=O) groups is 1. The maximum absolute atomic E-state index is 15.5. The van der Waals surface area contributed by atoms with E-state index in [0.717, 1.165) is 31.0 Å². The summed E-state index contributed by atoms with van der Waals surface area (Å²) < 4.78 is 58.3. The molecule has 1 saturated carbocycles. The molecule has 5 aromatic rings. The van der Waals surface area contributed by atoms with Crippen molar-refractivity contribution in [2.75, 3.05) is 7.11 Å². The number of aromatic nitrogens is 3. The first kappa shape index (κ1) is 28.9. The van der Waals surface area contributed by atoms with Crippen LogP contribution in [0.4, 0.5) is 13.2 Å². The van der Waals surface area contributed by atoms with E-state index in [1.807, 2.05) is 10.6 Å². The Hall–Kier alpha value is -5.21. The van der Waals surface area contributed by atoms with Gasteiger partial charge in [-0.25, -0.2) is 27.9 Å². The van der Waals surface area contributed by atoms with E-state index >= 15 is 8.78 Å². The molecule has 2 heterocycles. The number of fused-ring (bicyclic) bond motifs is 1. The summed E-state index contributed by atoms with van der Waals surface area (Å²) in [6, 6.07) is 17.2. The van der Waals surface area contributed by atoms with Gasteiger partial charge in [0.05, 0.1) is 46.1 Å². The van der Waals surface area contributed by atoms with Crippen LogP contribution in [0.3, 0.4) is 0 Å². The first-order valence-corrected chi connectivity index (χ1v) is 13.7. The molecule has 0 amide bonds. The molecule has 0 aliphatic heterocycles. The van der Waals surface area contributed by atoms with Crippen LogP contribution in [-0.4, -0.2) is 38.3 Å². The number of nitrogens with zero attached hydrogens (tertiary/aromatic N) is 4. The van der Waals surface area contributed by atoms with Crippen molar-refractivity contribution in [1.82, 2.24) is 14.5 Å². The number of rotatable bonds is 10. The van der Waals surface area contributed by atoms with E-state index in [1.54, 1.807) is 19.2 Å². The largest absolute Gasteiger partial charge is 0.478 e. The van der Waals surface area contributed by atoms with Crippen LogP contribution < -0.4 is 4.74 Å².